The Morgan fingerprint density at radius 1 is 0.683 bits per heavy atom. The van der Waals surface area contributed by atoms with Crippen LogP contribution in [0, 0.1) is 0 Å². The van der Waals surface area contributed by atoms with Crippen molar-refractivity contribution < 1.29 is 14.9 Å². The van der Waals surface area contributed by atoms with Crippen LogP contribution in [0.2, 0.25) is 0 Å². The van der Waals surface area contributed by atoms with Crippen molar-refractivity contribution in [3.8, 4) is 28.4 Å². The molecule has 4 aromatic rings. The van der Waals surface area contributed by atoms with Gasteiger partial charge in [0.15, 0.2) is 0 Å². The number of hydrogen-bond donors (Lipinski definition) is 2. The lowest BCUT2D eigenvalue weighted by atomic mass is 9.86. The van der Waals surface area contributed by atoms with Crippen LogP contribution < -0.4 is 4.74 Å². The van der Waals surface area contributed by atoms with Gasteiger partial charge in [-0.2, -0.15) is 0 Å². The second-order valence-corrected chi connectivity index (χ2v) is 10.9. The summed E-state index contributed by atoms with van der Waals surface area (Å²) in [4.78, 5) is 5.09. The summed E-state index contributed by atoms with van der Waals surface area (Å²) in [6, 6.07) is 26.1. The van der Waals surface area contributed by atoms with Crippen molar-refractivity contribution >= 4 is 35.6 Å². The number of rotatable bonds is 8. The van der Waals surface area contributed by atoms with Gasteiger partial charge in [-0.25, -0.2) is 0 Å². The molecule has 0 aliphatic carbocycles. The van der Waals surface area contributed by atoms with Crippen LogP contribution in [0.4, 0.5) is 0 Å². The quantitative estimate of drug-likeness (QED) is 0.218. The van der Waals surface area contributed by atoms with Gasteiger partial charge in [-0.1, -0.05) is 48.9 Å². The van der Waals surface area contributed by atoms with E-state index in [0.717, 1.165) is 47.3 Å². The zero-order valence-corrected chi connectivity index (χ0v) is 25.0. The molecule has 7 heteroatoms. The first-order valence-electron chi connectivity index (χ1n) is 14.4. The van der Waals surface area contributed by atoms with Crippen molar-refractivity contribution in [1.29, 1.82) is 0 Å². The predicted molar refractivity (Wildman–Crippen MR) is 172 cm³/mol. The van der Waals surface area contributed by atoms with Crippen LogP contribution in [0.1, 0.15) is 49.3 Å². The first-order chi connectivity index (χ1) is 19.2. The molecule has 2 N–H and O–H groups in total. The summed E-state index contributed by atoms with van der Waals surface area (Å²) < 4.78 is 6.16. The summed E-state index contributed by atoms with van der Waals surface area (Å²) in [6.45, 7) is 6.16. The molecule has 4 aromatic carbocycles. The molecule has 0 aromatic heterocycles. The molecule has 1 unspecified atom stereocenters. The lowest BCUT2D eigenvalue weighted by Crippen LogP contribution is -2.33. The highest BCUT2D eigenvalue weighted by Crippen LogP contribution is 2.42. The van der Waals surface area contributed by atoms with Crippen molar-refractivity contribution in [1.82, 2.24) is 9.80 Å². The van der Waals surface area contributed by atoms with Gasteiger partial charge < -0.3 is 14.9 Å². The minimum absolute atomic E-state index is 0. The van der Waals surface area contributed by atoms with E-state index < -0.39 is 0 Å². The van der Waals surface area contributed by atoms with Crippen LogP contribution in [0.3, 0.4) is 0 Å². The molecule has 0 amide bonds. The van der Waals surface area contributed by atoms with E-state index in [1.54, 1.807) is 18.2 Å². The first kappa shape index (κ1) is 31.0. The van der Waals surface area contributed by atoms with Gasteiger partial charge in [0.05, 0.1) is 6.04 Å². The fourth-order valence-corrected chi connectivity index (χ4v) is 6.31. The summed E-state index contributed by atoms with van der Waals surface area (Å²) in [7, 11) is 0. The zero-order chi connectivity index (χ0) is 26.6. The molecule has 2 heterocycles. The molecule has 0 radical (unpaired) electrons. The fraction of sp³-hybridized carbons (Fsp3) is 0.353. The molecule has 41 heavy (non-hydrogen) atoms. The highest BCUT2D eigenvalue weighted by atomic mass is 35.5. The number of halogens is 2. The average molecular weight is 596 g/mol. The highest BCUT2D eigenvalue weighted by Gasteiger charge is 2.29. The Hall–Kier alpha value is -2.96. The van der Waals surface area contributed by atoms with Crippen LogP contribution in [0.25, 0.3) is 21.9 Å². The molecule has 2 fully saturated rings. The molecular formula is C34H40Cl2N2O3. The average Bonchev–Trinajstić information content (AvgIpc) is 3.50. The van der Waals surface area contributed by atoms with Crippen LogP contribution in [0.15, 0.2) is 78.9 Å². The number of aromatic hydroxyl groups is 2. The largest absolute Gasteiger partial charge is 0.508 e. The van der Waals surface area contributed by atoms with Crippen molar-refractivity contribution in [3.63, 3.8) is 0 Å². The number of hydrogen-bond acceptors (Lipinski definition) is 5. The van der Waals surface area contributed by atoms with Gasteiger partial charge in [0.1, 0.15) is 23.9 Å². The maximum absolute atomic E-state index is 10.2. The molecule has 0 bridgehead atoms. The van der Waals surface area contributed by atoms with Crippen molar-refractivity contribution in [2.75, 3.05) is 39.3 Å². The van der Waals surface area contributed by atoms with Crippen LogP contribution >= 0.6 is 24.8 Å². The third-order valence-electron chi connectivity index (χ3n) is 8.32. The standard InChI is InChI=1S/C34H38N2O3.2ClH/c37-28-11-6-25(7-12-28)31-16-10-27-24-29(38)13-17-32(27)33(31)34(36-20-4-5-21-36)26-8-14-30(15-9-26)39-23-22-35-18-2-1-3-19-35;;/h6-17,24,34,37-38H,1-5,18-23H2;2*1H. The number of phenols is 2. The number of piperidine rings is 1. The molecule has 2 aliphatic heterocycles. The molecule has 2 saturated heterocycles. The second-order valence-electron chi connectivity index (χ2n) is 10.9. The normalized spacial score (nSPS) is 16.6. The summed E-state index contributed by atoms with van der Waals surface area (Å²) in [5.41, 5.74) is 4.69. The molecule has 0 spiro atoms. The number of phenolic OH excluding ortho intramolecular Hbond substituents is 2. The van der Waals surface area contributed by atoms with Crippen LogP contribution in [-0.4, -0.2) is 59.3 Å². The summed E-state index contributed by atoms with van der Waals surface area (Å²) >= 11 is 0. The third kappa shape index (κ3) is 7.10. The molecule has 2 aliphatic rings. The Morgan fingerprint density at radius 2 is 1.34 bits per heavy atom. The van der Waals surface area contributed by atoms with E-state index in [4.69, 9.17) is 4.74 Å². The van der Waals surface area contributed by atoms with Gasteiger partial charge in [-0.05, 0) is 121 Å². The van der Waals surface area contributed by atoms with Crippen molar-refractivity contribution in [2.24, 2.45) is 0 Å². The molecule has 5 nitrogen and oxygen atoms in total. The van der Waals surface area contributed by atoms with Gasteiger partial charge in [-0.15, -0.1) is 24.8 Å². The first-order valence-corrected chi connectivity index (χ1v) is 14.4. The Balaban J connectivity index is 0.00000194. The fourth-order valence-electron chi connectivity index (χ4n) is 6.31. The van der Waals surface area contributed by atoms with E-state index >= 15 is 0 Å². The smallest absolute Gasteiger partial charge is 0.119 e. The van der Waals surface area contributed by atoms with Gasteiger partial charge in [0.25, 0.3) is 0 Å². The Labute approximate surface area is 255 Å². The summed E-state index contributed by atoms with van der Waals surface area (Å²) in [6.07, 6.45) is 6.32. The van der Waals surface area contributed by atoms with E-state index in [1.165, 1.54) is 56.3 Å². The van der Waals surface area contributed by atoms with Crippen LogP contribution in [-0.2, 0) is 0 Å². The molecule has 6 rings (SSSR count). The topological polar surface area (TPSA) is 56.2 Å². The van der Waals surface area contributed by atoms with Crippen molar-refractivity contribution in [2.45, 2.75) is 38.1 Å². The lowest BCUT2D eigenvalue weighted by molar-refractivity contribution is 0.183. The Morgan fingerprint density at radius 3 is 2.05 bits per heavy atom. The summed E-state index contributed by atoms with van der Waals surface area (Å²) in [5, 5.41) is 22.3. The SMILES string of the molecule is Cl.Cl.Oc1ccc(-c2ccc3cc(O)ccc3c2C(c2ccc(OCCN3CCCCC3)cc2)N2CCCC2)cc1. The lowest BCUT2D eigenvalue weighted by Gasteiger charge is -2.31. The second kappa shape index (κ2) is 14.3. The van der Waals surface area contributed by atoms with Crippen LogP contribution in [0.5, 0.6) is 17.2 Å². The molecule has 0 saturated carbocycles. The van der Waals surface area contributed by atoms with E-state index in [-0.39, 0.29) is 42.4 Å². The molecule has 1 atom stereocenters. The monoisotopic (exact) mass is 594 g/mol. The number of ether oxygens (including phenoxy) is 1. The number of fused-ring (bicyclic) bond motifs is 1. The van der Waals surface area contributed by atoms with E-state index in [1.807, 2.05) is 24.3 Å². The highest BCUT2D eigenvalue weighted by molar-refractivity contribution is 5.93. The maximum atomic E-state index is 10.2. The molecule has 218 valence electrons. The van der Waals surface area contributed by atoms with E-state index in [2.05, 4.69) is 46.2 Å². The number of benzene rings is 4. The zero-order valence-electron chi connectivity index (χ0n) is 23.4. The Bertz CT molecular complexity index is 1400. The minimum atomic E-state index is 0. The number of nitrogens with zero attached hydrogens (tertiary/aromatic N) is 2. The third-order valence-corrected chi connectivity index (χ3v) is 8.32. The van der Waals surface area contributed by atoms with Gasteiger partial charge in [-0.3, -0.25) is 9.80 Å². The maximum Gasteiger partial charge on any atom is 0.119 e. The van der Waals surface area contributed by atoms with Gasteiger partial charge in [0, 0.05) is 6.54 Å². The minimum Gasteiger partial charge on any atom is -0.508 e. The van der Waals surface area contributed by atoms with Gasteiger partial charge in [0.2, 0.25) is 0 Å². The van der Waals surface area contributed by atoms with Gasteiger partial charge >= 0.3 is 0 Å². The number of likely N-dealkylation sites (tertiary alicyclic amines) is 2. The summed E-state index contributed by atoms with van der Waals surface area (Å²) in [5.74, 6) is 1.45. The van der Waals surface area contributed by atoms with E-state index in [9.17, 15) is 10.2 Å². The molecular weight excluding hydrogens is 555 g/mol. The Kier molecular flexibility index (Phi) is 10.8. The predicted octanol–water partition coefficient (Wildman–Crippen LogP) is 7.81. The van der Waals surface area contributed by atoms with Crippen molar-refractivity contribution in [3.05, 3.63) is 90.0 Å². The van der Waals surface area contributed by atoms with E-state index in [0.29, 0.717) is 6.61 Å².